The summed E-state index contributed by atoms with van der Waals surface area (Å²) < 4.78 is 26.3. The van der Waals surface area contributed by atoms with Gasteiger partial charge in [-0.25, -0.2) is 23.7 Å². The number of halogens is 2. The maximum atomic E-state index is 13.5. The van der Waals surface area contributed by atoms with E-state index in [1.807, 2.05) is 0 Å². The van der Waals surface area contributed by atoms with Crippen molar-refractivity contribution >= 4 is 0 Å². The molecule has 0 saturated carbocycles. The topological polar surface area (TPSA) is 64.7 Å². The van der Waals surface area contributed by atoms with Crippen LogP contribution in [0.2, 0.25) is 0 Å². The van der Waals surface area contributed by atoms with Crippen molar-refractivity contribution in [1.82, 2.24) is 15.0 Å². The molecule has 0 unspecified atom stereocenters. The molecule has 2 rings (SSSR count). The highest BCUT2D eigenvalue weighted by molar-refractivity contribution is 5.55. The van der Waals surface area contributed by atoms with Gasteiger partial charge >= 0.3 is 0 Å². The highest BCUT2D eigenvalue weighted by Gasteiger charge is 2.11. The second-order valence-corrected chi connectivity index (χ2v) is 3.45. The molecule has 0 atom stereocenters. The van der Waals surface area contributed by atoms with E-state index in [0.717, 1.165) is 12.1 Å². The van der Waals surface area contributed by atoms with E-state index >= 15 is 0 Å². The number of aromatic nitrogens is 3. The largest absolute Gasteiger partial charge is 0.324 e. The molecule has 0 amide bonds. The van der Waals surface area contributed by atoms with Gasteiger partial charge in [0, 0.05) is 6.07 Å². The summed E-state index contributed by atoms with van der Waals surface area (Å²) in [5.41, 5.74) is 5.55. The number of nitrogens with zero attached hydrogens (tertiary/aromatic N) is 3. The van der Waals surface area contributed by atoms with Crippen LogP contribution in [0.1, 0.15) is 11.6 Å². The molecule has 4 nitrogen and oxygen atoms in total. The van der Waals surface area contributed by atoms with Crippen LogP contribution in [0, 0.1) is 18.6 Å². The Balaban J connectivity index is 2.55. The Hall–Kier alpha value is -1.95. The first-order valence-corrected chi connectivity index (χ1v) is 4.97. The lowest BCUT2D eigenvalue weighted by Crippen LogP contribution is -2.07. The molecule has 1 aromatic heterocycles. The highest BCUT2D eigenvalue weighted by Crippen LogP contribution is 2.19. The third kappa shape index (κ3) is 2.42. The Kier molecular flexibility index (Phi) is 3.06. The molecule has 6 heteroatoms. The molecule has 0 aliphatic carbocycles. The maximum absolute atomic E-state index is 13.5. The van der Waals surface area contributed by atoms with Gasteiger partial charge < -0.3 is 5.73 Å². The molecule has 17 heavy (non-hydrogen) atoms. The molecule has 0 bridgehead atoms. The zero-order chi connectivity index (χ0) is 12.4. The molecule has 2 N–H and O–H groups in total. The zero-order valence-electron chi connectivity index (χ0n) is 9.11. The summed E-state index contributed by atoms with van der Waals surface area (Å²) in [5.74, 6) is -0.375. The molecule has 0 aliphatic rings. The van der Waals surface area contributed by atoms with Crippen LogP contribution in [0.3, 0.4) is 0 Å². The molecule has 1 heterocycles. The summed E-state index contributed by atoms with van der Waals surface area (Å²) in [7, 11) is 0. The van der Waals surface area contributed by atoms with Gasteiger partial charge in [-0.1, -0.05) is 0 Å². The summed E-state index contributed by atoms with van der Waals surface area (Å²) in [6.07, 6.45) is 0. The third-order valence-electron chi connectivity index (χ3n) is 2.15. The summed E-state index contributed by atoms with van der Waals surface area (Å²) in [5, 5.41) is 0. The van der Waals surface area contributed by atoms with Gasteiger partial charge in [-0.15, -0.1) is 0 Å². The molecule has 0 fully saturated rings. The second-order valence-electron chi connectivity index (χ2n) is 3.45. The normalized spacial score (nSPS) is 10.6. The summed E-state index contributed by atoms with van der Waals surface area (Å²) in [6, 6.07) is 3.23. The van der Waals surface area contributed by atoms with Crippen LogP contribution in [0.4, 0.5) is 8.78 Å². The predicted molar refractivity (Wildman–Crippen MR) is 57.8 cm³/mol. The molecular weight excluding hydrogens is 226 g/mol. The maximum Gasteiger partial charge on any atom is 0.166 e. The van der Waals surface area contributed by atoms with E-state index in [-0.39, 0.29) is 17.9 Å². The molecule has 0 saturated heterocycles. The Morgan fingerprint density at radius 1 is 1.18 bits per heavy atom. The van der Waals surface area contributed by atoms with Gasteiger partial charge in [0.25, 0.3) is 0 Å². The molecule has 0 radical (unpaired) electrons. The van der Waals surface area contributed by atoms with Gasteiger partial charge in [0.2, 0.25) is 0 Å². The number of hydrogen-bond donors (Lipinski definition) is 1. The fourth-order valence-electron chi connectivity index (χ4n) is 1.42. The average molecular weight is 236 g/mol. The number of benzene rings is 1. The summed E-state index contributed by atoms with van der Waals surface area (Å²) in [6.45, 7) is 1.80. The zero-order valence-corrected chi connectivity index (χ0v) is 9.11. The van der Waals surface area contributed by atoms with Crippen LogP contribution in [-0.4, -0.2) is 15.0 Å². The SMILES string of the molecule is Cc1nc(CN)nc(-c2ccc(F)cc2F)n1. The van der Waals surface area contributed by atoms with E-state index < -0.39 is 11.6 Å². The van der Waals surface area contributed by atoms with Crippen molar-refractivity contribution in [3.63, 3.8) is 0 Å². The summed E-state index contributed by atoms with van der Waals surface area (Å²) >= 11 is 0. The first-order valence-electron chi connectivity index (χ1n) is 4.97. The van der Waals surface area contributed by atoms with Crippen LogP contribution in [0.25, 0.3) is 11.4 Å². The minimum absolute atomic E-state index is 0.131. The van der Waals surface area contributed by atoms with E-state index in [9.17, 15) is 8.78 Å². The van der Waals surface area contributed by atoms with Gasteiger partial charge in [0.05, 0.1) is 12.1 Å². The first-order chi connectivity index (χ1) is 8.10. The van der Waals surface area contributed by atoms with Crippen molar-refractivity contribution in [3.05, 3.63) is 41.5 Å². The lowest BCUT2D eigenvalue weighted by molar-refractivity contribution is 0.584. The van der Waals surface area contributed by atoms with Crippen molar-refractivity contribution in [1.29, 1.82) is 0 Å². The molecule has 1 aromatic carbocycles. The van der Waals surface area contributed by atoms with Crippen LogP contribution in [0.5, 0.6) is 0 Å². The van der Waals surface area contributed by atoms with Crippen LogP contribution in [-0.2, 0) is 6.54 Å². The van der Waals surface area contributed by atoms with E-state index in [4.69, 9.17) is 5.73 Å². The fraction of sp³-hybridized carbons (Fsp3) is 0.182. The van der Waals surface area contributed by atoms with Gasteiger partial charge in [-0.05, 0) is 19.1 Å². The monoisotopic (exact) mass is 236 g/mol. The number of rotatable bonds is 2. The van der Waals surface area contributed by atoms with Crippen LogP contribution < -0.4 is 5.73 Å². The molecular formula is C11H10F2N4. The molecule has 88 valence electrons. The standard InChI is InChI=1S/C11H10F2N4/c1-6-15-10(5-14)17-11(16-6)8-3-2-7(12)4-9(8)13/h2-4H,5,14H2,1H3. The highest BCUT2D eigenvalue weighted by atomic mass is 19.1. The van der Waals surface area contributed by atoms with Crippen molar-refractivity contribution in [3.8, 4) is 11.4 Å². The Labute approximate surface area is 96.5 Å². The third-order valence-corrected chi connectivity index (χ3v) is 2.15. The van der Waals surface area contributed by atoms with Gasteiger partial charge in [0.1, 0.15) is 23.3 Å². The van der Waals surface area contributed by atoms with Gasteiger partial charge in [0.15, 0.2) is 5.82 Å². The van der Waals surface area contributed by atoms with E-state index in [0.29, 0.717) is 11.6 Å². The molecule has 0 spiro atoms. The number of aryl methyl sites for hydroxylation is 1. The molecule has 0 aliphatic heterocycles. The Morgan fingerprint density at radius 2 is 1.94 bits per heavy atom. The minimum Gasteiger partial charge on any atom is -0.324 e. The van der Waals surface area contributed by atoms with Gasteiger partial charge in [-0.3, -0.25) is 0 Å². The van der Waals surface area contributed by atoms with Crippen LogP contribution >= 0.6 is 0 Å². The Bertz CT molecular complexity index is 557. The number of hydrogen-bond acceptors (Lipinski definition) is 4. The minimum atomic E-state index is -0.710. The van der Waals surface area contributed by atoms with E-state index in [1.165, 1.54) is 6.07 Å². The van der Waals surface area contributed by atoms with Crippen molar-refractivity contribution in [2.45, 2.75) is 13.5 Å². The van der Waals surface area contributed by atoms with Crippen molar-refractivity contribution in [2.75, 3.05) is 0 Å². The lowest BCUT2D eigenvalue weighted by atomic mass is 10.2. The van der Waals surface area contributed by atoms with Crippen molar-refractivity contribution < 1.29 is 8.78 Å². The summed E-state index contributed by atoms with van der Waals surface area (Å²) in [4.78, 5) is 12.0. The fourth-order valence-corrected chi connectivity index (χ4v) is 1.42. The van der Waals surface area contributed by atoms with E-state index in [2.05, 4.69) is 15.0 Å². The first kappa shape index (κ1) is 11.5. The Morgan fingerprint density at radius 3 is 2.59 bits per heavy atom. The van der Waals surface area contributed by atoms with Gasteiger partial charge in [-0.2, -0.15) is 0 Å². The average Bonchev–Trinajstić information content (AvgIpc) is 2.28. The predicted octanol–water partition coefficient (Wildman–Crippen LogP) is 1.58. The smallest absolute Gasteiger partial charge is 0.166 e. The van der Waals surface area contributed by atoms with E-state index in [1.54, 1.807) is 6.92 Å². The van der Waals surface area contributed by atoms with Crippen molar-refractivity contribution in [2.24, 2.45) is 5.73 Å². The molecule has 2 aromatic rings. The second kappa shape index (κ2) is 4.50. The van der Waals surface area contributed by atoms with Crippen LogP contribution in [0.15, 0.2) is 18.2 Å². The number of nitrogens with two attached hydrogens (primary N) is 1. The lowest BCUT2D eigenvalue weighted by Gasteiger charge is -2.04. The quantitative estimate of drug-likeness (QED) is 0.859.